The number of anilines is 1. The Morgan fingerprint density at radius 2 is 2.13 bits per heavy atom. The number of nitrogens with one attached hydrogen (secondary N) is 1. The number of nitrogens with zero attached hydrogens (tertiary/aromatic N) is 2. The summed E-state index contributed by atoms with van der Waals surface area (Å²) in [6.45, 7) is 1.05. The van der Waals surface area contributed by atoms with Crippen LogP contribution < -0.4 is 5.32 Å². The van der Waals surface area contributed by atoms with Crippen molar-refractivity contribution in [3.05, 3.63) is 17.4 Å². The van der Waals surface area contributed by atoms with E-state index in [1.54, 1.807) is 6.20 Å². The first-order chi connectivity index (χ1) is 7.31. The van der Waals surface area contributed by atoms with E-state index in [0.29, 0.717) is 5.15 Å². The molecule has 0 spiro atoms. The number of rotatable bonds is 3. The zero-order chi connectivity index (χ0) is 10.3. The van der Waals surface area contributed by atoms with Crippen molar-refractivity contribution in [2.24, 2.45) is 17.8 Å². The molecule has 2 unspecified atom stereocenters. The smallest absolute Gasteiger partial charge is 0.153 e. The third-order valence-electron chi connectivity index (χ3n) is 3.56. The van der Waals surface area contributed by atoms with Gasteiger partial charge in [-0.3, -0.25) is 0 Å². The summed E-state index contributed by atoms with van der Waals surface area (Å²) >= 11 is 5.76. The van der Waals surface area contributed by atoms with Gasteiger partial charge < -0.3 is 5.32 Å². The lowest BCUT2D eigenvalue weighted by atomic mass is 10.0. The molecule has 0 amide bonds. The number of halogens is 1. The topological polar surface area (TPSA) is 37.8 Å². The third-order valence-corrected chi connectivity index (χ3v) is 3.75. The van der Waals surface area contributed by atoms with Gasteiger partial charge in [0, 0.05) is 12.6 Å². The minimum Gasteiger partial charge on any atom is -0.383 e. The van der Waals surface area contributed by atoms with Crippen molar-refractivity contribution in [3.8, 4) is 0 Å². The Morgan fingerprint density at radius 1 is 1.33 bits per heavy atom. The lowest BCUT2D eigenvalue weighted by Crippen LogP contribution is -2.12. The predicted molar refractivity (Wildman–Crippen MR) is 59.9 cm³/mol. The Labute approximate surface area is 94.2 Å². The first-order valence-corrected chi connectivity index (χ1v) is 5.91. The summed E-state index contributed by atoms with van der Waals surface area (Å²) in [7, 11) is 0. The predicted octanol–water partition coefficient (Wildman–Crippen LogP) is 2.59. The third kappa shape index (κ3) is 2.07. The van der Waals surface area contributed by atoms with Crippen LogP contribution in [0, 0.1) is 17.8 Å². The van der Waals surface area contributed by atoms with Gasteiger partial charge in [0.25, 0.3) is 0 Å². The van der Waals surface area contributed by atoms with Crippen LogP contribution in [-0.2, 0) is 0 Å². The Hall–Kier alpha value is -0.830. The average molecular weight is 224 g/mol. The maximum atomic E-state index is 5.76. The molecule has 2 aliphatic carbocycles. The van der Waals surface area contributed by atoms with E-state index in [1.165, 1.54) is 19.3 Å². The summed E-state index contributed by atoms with van der Waals surface area (Å²) in [4.78, 5) is 0. The molecule has 80 valence electrons. The van der Waals surface area contributed by atoms with Crippen molar-refractivity contribution < 1.29 is 0 Å². The molecule has 0 aromatic carbocycles. The molecule has 2 fully saturated rings. The number of hydrogen-bond acceptors (Lipinski definition) is 3. The highest BCUT2D eigenvalue weighted by molar-refractivity contribution is 6.29. The van der Waals surface area contributed by atoms with Crippen molar-refractivity contribution in [1.82, 2.24) is 10.2 Å². The molecule has 1 N–H and O–H groups in total. The fourth-order valence-corrected chi connectivity index (χ4v) is 2.87. The van der Waals surface area contributed by atoms with Crippen molar-refractivity contribution in [2.75, 3.05) is 11.9 Å². The molecule has 2 atom stereocenters. The van der Waals surface area contributed by atoms with E-state index < -0.39 is 0 Å². The molecular weight excluding hydrogens is 210 g/mol. The molecule has 1 aromatic rings. The van der Waals surface area contributed by atoms with Crippen LogP contribution in [0.2, 0.25) is 5.15 Å². The molecule has 0 radical (unpaired) electrons. The lowest BCUT2D eigenvalue weighted by molar-refractivity contribution is 0.512. The van der Waals surface area contributed by atoms with Crippen molar-refractivity contribution in [2.45, 2.75) is 19.3 Å². The van der Waals surface area contributed by atoms with E-state index in [-0.39, 0.29) is 0 Å². The fourth-order valence-electron chi connectivity index (χ4n) is 2.71. The standard InChI is InChI=1S/C11H14ClN3/c12-11-4-10(6-14-15-11)13-5-7-1-8-3-9(8)2-7/h4,6-9H,1-3,5H2,(H,13,15). The van der Waals surface area contributed by atoms with Crippen LogP contribution in [0.4, 0.5) is 5.69 Å². The maximum absolute atomic E-state index is 5.76. The molecule has 2 aliphatic rings. The molecular formula is C11H14ClN3. The monoisotopic (exact) mass is 223 g/mol. The molecule has 3 rings (SSSR count). The molecule has 3 nitrogen and oxygen atoms in total. The number of hydrogen-bond donors (Lipinski definition) is 1. The first-order valence-electron chi connectivity index (χ1n) is 5.53. The van der Waals surface area contributed by atoms with Crippen LogP contribution in [-0.4, -0.2) is 16.7 Å². The normalized spacial score (nSPS) is 32.5. The zero-order valence-corrected chi connectivity index (χ0v) is 9.24. The average Bonchev–Trinajstić information content (AvgIpc) is 2.84. The highest BCUT2D eigenvalue weighted by Gasteiger charge is 2.45. The molecule has 15 heavy (non-hydrogen) atoms. The second-order valence-corrected chi connectivity index (χ2v) is 5.13. The zero-order valence-electron chi connectivity index (χ0n) is 8.49. The van der Waals surface area contributed by atoms with E-state index in [0.717, 1.165) is 30.0 Å². The number of fused-ring (bicyclic) bond motifs is 1. The summed E-state index contributed by atoms with van der Waals surface area (Å²) < 4.78 is 0. The minimum atomic E-state index is 0.453. The van der Waals surface area contributed by atoms with Gasteiger partial charge in [-0.1, -0.05) is 11.6 Å². The SMILES string of the molecule is Clc1cc(NCC2CC3CC3C2)cnn1. The first kappa shape index (κ1) is 9.40. The second-order valence-electron chi connectivity index (χ2n) is 4.74. The van der Waals surface area contributed by atoms with E-state index in [1.807, 2.05) is 6.07 Å². The summed E-state index contributed by atoms with van der Waals surface area (Å²) in [5.41, 5.74) is 0.982. The van der Waals surface area contributed by atoms with Crippen LogP contribution in [0.25, 0.3) is 0 Å². The lowest BCUT2D eigenvalue weighted by Gasteiger charge is -2.13. The van der Waals surface area contributed by atoms with Gasteiger partial charge in [-0.15, -0.1) is 5.10 Å². The van der Waals surface area contributed by atoms with Crippen molar-refractivity contribution in [3.63, 3.8) is 0 Å². The summed E-state index contributed by atoms with van der Waals surface area (Å²) in [6.07, 6.45) is 6.02. The molecule has 1 heterocycles. The van der Waals surface area contributed by atoms with Crippen LogP contribution in [0.3, 0.4) is 0 Å². The molecule has 0 aliphatic heterocycles. The largest absolute Gasteiger partial charge is 0.383 e. The quantitative estimate of drug-likeness (QED) is 0.856. The van der Waals surface area contributed by atoms with E-state index in [4.69, 9.17) is 11.6 Å². The van der Waals surface area contributed by atoms with E-state index in [9.17, 15) is 0 Å². The summed E-state index contributed by atoms with van der Waals surface area (Å²) in [5, 5.41) is 11.4. The number of aromatic nitrogens is 2. The molecule has 0 bridgehead atoms. The van der Waals surface area contributed by atoms with Crippen LogP contribution in [0.1, 0.15) is 19.3 Å². The Morgan fingerprint density at radius 3 is 2.87 bits per heavy atom. The highest BCUT2D eigenvalue weighted by atomic mass is 35.5. The Kier molecular flexibility index (Phi) is 2.28. The van der Waals surface area contributed by atoms with Crippen LogP contribution >= 0.6 is 11.6 Å². The summed E-state index contributed by atoms with van der Waals surface area (Å²) in [6, 6.07) is 1.82. The van der Waals surface area contributed by atoms with Gasteiger partial charge in [0.1, 0.15) is 0 Å². The van der Waals surface area contributed by atoms with Gasteiger partial charge in [-0.05, 0) is 37.0 Å². The second kappa shape index (κ2) is 3.63. The Bertz CT molecular complexity index is 359. The van der Waals surface area contributed by atoms with Crippen molar-refractivity contribution in [1.29, 1.82) is 0 Å². The van der Waals surface area contributed by atoms with Gasteiger partial charge in [-0.2, -0.15) is 5.10 Å². The van der Waals surface area contributed by atoms with Crippen LogP contribution in [0.5, 0.6) is 0 Å². The molecule has 4 heteroatoms. The highest BCUT2D eigenvalue weighted by Crippen LogP contribution is 2.54. The fraction of sp³-hybridized carbons (Fsp3) is 0.636. The molecule has 0 saturated heterocycles. The van der Waals surface area contributed by atoms with Gasteiger partial charge in [0.2, 0.25) is 0 Å². The molecule has 2 saturated carbocycles. The Balaban J connectivity index is 1.53. The minimum absolute atomic E-state index is 0.453. The van der Waals surface area contributed by atoms with Gasteiger partial charge in [0.05, 0.1) is 11.9 Å². The molecule has 1 aromatic heterocycles. The maximum Gasteiger partial charge on any atom is 0.153 e. The van der Waals surface area contributed by atoms with Gasteiger partial charge >= 0.3 is 0 Å². The van der Waals surface area contributed by atoms with Gasteiger partial charge in [0.15, 0.2) is 5.15 Å². The summed E-state index contributed by atoms with van der Waals surface area (Å²) in [5.74, 6) is 2.95. The van der Waals surface area contributed by atoms with E-state index >= 15 is 0 Å². The van der Waals surface area contributed by atoms with Gasteiger partial charge in [-0.25, -0.2) is 0 Å². The van der Waals surface area contributed by atoms with Crippen LogP contribution in [0.15, 0.2) is 12.3 Å². The van der Waals surface area contributed by atoms with E-state index in [2.05, 4.69) is 15.5 Å². The van der Waals surface area contributed by atoms with Crippen molar-refractivity contribution >= 4 is 17.3 Å².